The van der Waals surface area contributed by atoms with Gasteiger partial charge in [0.1, 0.15) is 5.75 Å². The number of hydrogen-bond donors (Lipinski definition) is 2. The summed E-state index contributed by atoms with van der Waals surface area (Å²) in [5.41, 5.74) is 7.98. The average molecular weight is 237 g/mol. The summed E-state index contributed by atoms with van der Waals surface area (Å²) in [6.07, 6.45) is 0.711. The predicted octanol–water partition coefficient (Wildman–Crippen LogP) is 2.19. The van der Waals surface area contributed by atoms with E-state index in [2.05, 4.69) is 11.8 Å². The topological polar surface area (TPSA) is 63.3 Å². The molecule has 0 aliphatic heterocycles. The summed E-state index contributed by atoms with van der Waals surface area (Å²) >= 11 is 0. The lowest BCUT2D eigenvalue weighted by Gasteiger charge is -1.97. The van der Waals surface area contributed by atoms with Crippen molar-refractivity contribution in [1.29, 1.82) is 0 Å². The zero-order chi connectivity index (χ0) is 13.0. The van der Waals surface area contributed by atoms with Gasteiger partial charge in [0.25, 0.3) is 0 Å². The van der Waals surface area contributed by atoms with Crippen molar-refractivity contribution in [3.63, 3.8) is 0 Å². The highest BCUT2D eigenvalue weighted by molar-refractivity contribution is 5.80. The minimum Gasteiger partial charge on any atom is -0.508 e. The molecular formula is C15H11NO2. The van der Waals surface area contributed by atoms with Crippen molar-refractivity contribution < 1.29 is 9.90 Å². The molecule has 0 saturated carbocycles. The Labute approximate surface area is 105 Å². The Balaban J connectivity index is 2.40. The highest BCUT2D eigenvalue weighted by Gasteiger charge is 1.99. The molecule has 0 amide bonds. The third-order valence-corrected chi connectivity index (χ3v) is 2.39. The second-order valence-electron chi connectivity index (χ2n) is 3.76. The third-order valence-electron chi connectivity index (χ3n) is 2.39. The van der Waals surface area contributed by atoms with Crippen LogP contribution in [0.15, 0.2) is 42.5 Å². The highest BCUT2D eigenvalue weighted by Crippen LogP contribution is 2.14. The van der Waals surface area contributed by atoms with Crippen molar-refractivity contribution >= 4 is 12.0 Å². The Morgan fingerprint density at radius 1 is 1.11 bits per heavy atom. The second-order valence-corrected chi connectivity index (χ2v) is 3.76. The minimum absolute atomic E-state index is 0.0810. The quantitative estimate of drug-likeness (QED) is 0.454. The maximum Gasteiger partial charge on any atom is 0.151 e. The fourth-order valence-electron chi connectivity index (χ4n) is 1.51. The number of phenols is 1. The Morgan fingerprint density at radius 3 is 2.67 bits per heavy atom. The molecule has 3 heteroatoms. The van der Waals surface area contributed by atoms with E-state index in [1.54, 1.807) is 12.1 Å². The summed E-state index contributed by atoms with van der Waals surface area (Å²) in [4.78, 5) is 10.8. The zero-order valence-corrected chi connectivity index (χ0v) is 9.55. The fourth-order valence-corrected chi connectivity index (χ4v) is 1.51. The molecule has 2 rings (SSSR count). The number of rotatable bonds is 1. The molecule has 0 saturated heterocycles. The van der Waals surface area contributed by atoms with E-state index in [1.165, 1.54) is 18.2 Å². The van der Waals surface area contributed by atoms with Gasteiger partial charge in [0, 0.05) is 22.4 Å². The first-order valence-corrected chi connectivity index (χ1v) is 5.35. The van der Waals surface area contributed by atoms with Crippen molar-refractivity contribution in [3.8, 4) is 17.6 Å². The number of nitrogen functional groups attached to an aromatic ring is 1. The van der Waals surface area contributed by atoms with E-state index in [0.29, 0.717) is 23.1 Å². The molecule has 0 spiro atoms. The molecule has 3 nitrogen and oxygen atoms in total. The summed E-state index contributed by atoms with van der Waals surface area (Å²) < 4.78 is 0. The van der Waals surface area contributed by atoms with Crippen LogP contribution in [0.2, 0.25) is 0 Å². The lowest BCUT2D eigenvalue weighted by atomic mass is 10.1. The maximum absolute atomic E-state index is 10.8. The third kappa shape index (κ3) is 2.69. The molecule has 0 aliphatic rings. The van der Waals surface area contributed by atoms with E-state index in [9.17, 15) is 9.90 Å². The number of phenolic OH excluding ortho intramolecular Hbond substituents is 1. The fraction of sp³-hybridized carbons (Fsp3) is 0. The second kappa shape index (κ2) is 5.07. The first-order valence-electron chi connectivity index (χ1n) is 5.35. The number of aromatic hydroxyl groups is 1. The molecule has 0 bridgehead atoms. The average Bonchev–Trinajstić information content (AvgIpc) is 2.37. The molecule has 0 atom stereocenters. The standard InChI is InChI=1S/C15H11NO2/c16-14-3-1-2-11(8-14)4-5-12-9-15(18)7-6-13(12)10-17/h1-3,6-10,18H,16H2. The van der Waals surface area contributed by atoms with Crippen molar-refractivity contribution in [1.82, 2.24) is 0 Å². The van der Waals surface area contributed by atoms with Crippen LogP contribution in [0.1, 0.15) is 21.5 Å². The maximum atomic E-state index is 10.8. The Hall–Kier alpha value is -2.73. The van der Waals surface area contributed by atoms with Gasteiger partial charge in [-0.1, -0.05) is 17.9 Å². The molecule has 88 valence electrons. The van der Waals surface area contributed by atoms with Gasteiger partial charge in [-0.3, -0.25) is 4.79 Å². The first kappa shape index (κ1) is 11.7. The van der Waals surface area contributed by atoms with E-state index < -0.39 is 0 Å². The normalized spacial score (nSPS) is 9.33. The van der Waals surface area contributed by atoms with Gasteiger partial charge in [0.05, 0.1) is 0 Å². The summed E-state index contributed by atoms with van der Waals surface area (Å²) in [5.74, 6) is 5.84. The van der Waals surface area contributed by atoms with Gasteiger partial charge in [-0.15, -0.1) is 0 Å². The van der Waals surface area contributed by atoms with Gasteiger partial charge in [0.2, 0.25) is 0 Å². The SMILES string of the molecule is Nc1cccc(C#Cc2cc(O)ccc2C=O)c1. The number of anilines is 1. The highest BCUT2D eigenvalue weighted by atomic mass is 16.3. The molecular weight excluding hydrogens is 226 g/mol. The van der Waals surface area contributed by atoms with Crippen LogP contribution in [-0.2, 0) is 0 Å². The summed E-state index contributed by atoms with van der Waals surface area (Å²) in [5, 5.41) is 9.37. The minimum atomic E-state index is 0.0810. The van der Waals surface area contributed by atoms with Crippen LogP contribution in [0.25, 0.3) is 0 Å². The number of carbonyl (C=O) groups excluding carboxylic acids is 1. The predicted molar refractivity (Wildman–Crippen MR) is 70.3 cm³/mol. The monoisotopic (exact) mass is 237 g/mol. The first-order chi connectivity index (χ1) is 8.69. The molecule has 0 aromatic heterocycles. The molecule has 0 radical (unpaired) electrons. The van der Waals surface area contributed by atoms with Gasteiger partial charge in [-0.2, -0.15) is 0 Å². The van der Waals surface area contributed by atoms with Gasteiger partial charge in [0.15, 0.2) is 6.29 Å². The Morgan fingerprint density at radius 2 is 1.94 bits per heavy atom. The van der Waals surface area contributed by atoms with E-state index in [0.717, 1.165) is 5.56 Å². The molecule has 0 fully saturated rings. The molecule has 3 N–H and O–H groups in total. The Kier molecular flexibility index (Phi) is 3.31. The van der Waals surface area contributed by atoms with E-state index in [4.69, 9.17) is 5.73 Å². The van der Waals surface area contributed by atoms with Crippen molar-refractivity contribution in [2.45, 2.75) is 0 Å². The van der Waals surface area contributed by atoms with Crippen LogP contribution in [0.4, 0.5) is 5.69 Å². The molecule has 0 unspecified atom stereocenters. The molecule has 2 aromatic carbocycles. The largest absolute Gasteiger partial charge is 0.508 e. The van der Waals surface area contributed by atoms with Crippen molar-refractivity contribution in [3.05, 3.63) is 59.2 Å². The molecule has 0 aliphatic carbocycles. The van der Waals surface area contributed by atoms with Gasteiger partial charge < -0.3 is 10.8 Å². The van der Waals surface area contributed by atoms with Crippen LogP contribution >= 0.6 is 0 Å². The van der Waals surface area contributed by atoms with Gasteiger partial charge in [-0.05, 0) is 36.4 Å². The molecule has 2 aromatic rings. The van der Waals surface area contributed by atoms with Gasteiger partial charge >= 0.3 is 0 Å². The lowest BCUT2D eigenvalue weighted by Crippen LogP contribution is -1.87. The summed E-state index contributed by atoms with van der Waals surface area (Å²) in [7, 11) is 0. The Bertz CT molecular complexity index is 651. The number of benzene rings is 2. The number of hydrogen-bond acceptors (Lipinski definition) is 3. The van der Waals surface area contributed by atoms with E-state index >= 15 is 0 Å². The summed E-state index contributed by atoms with van der Waals surface area (Å²) in [6, 6.07) is 11.6. The van der Waals surface area contributed by atoms with Crippen molar-refractivity contribution in [2.75, 3.05) is 5.73 Å². The van der Waals surface area contributed by atoms with Crippen molar-refractivity contribution in [2.24, 2.45) is 0 Å². The zero-order valence-electron chi connectivity index (χ0n) is 9.55. The smallest absolute Gasteiger partial charge is 0.151 e. The van der Waals surface area contributed by atoms with E-state index in [-0.39, 0.29) is 5.75 Å². The molecule has 0 heterocycles. The number of carbonyl (C=O) groups is 1. The number of aldehydes is 1. The van der Waals surface area contributed by atoms with E-state index in [1.807, 2.05) is 12.1 Å². The number of nitrogens with two attached hydrogens (primary N) is 1. The van der Waals surface area contributed by atoms with Crippen LogP contribution in [0, 0.1) is 11.8 Å². The lowest BCUT2D eigenvalue weighted by molar-refractivity contribution is 0.112. The molecule has 18 heavy (non-hydrogen) atoms. The van der Waals surface area contributed by atoms with Crippen LogP contribution in [0.3, 0.4) is 0 Å². The van der Waals surface area contributed by atoms with Crippen LogP contribution in [0.5, 0.6) is 5.75 Å². The van der Waals surface area contributed by atoms with Gasteiger partial charge in [-0.25, -0.2) is 0 Å². The van der Waals surface area contributed by atoms with Crippen LogP contribution < -0.4 is 5.73 Å². The summed E-state index contributed by atoms with van der Waals surface area (Å²) in [6.45, 7) is 0. The van der Waals surface area contributed by atoms with Crippen LogP contribution in [-0.4, -0.2) is 11.4 Å².